The fourth-order valence-electron chi connectivity index (χ4n) is 3.18. The maximum absolute atomic E-state index is 13.2. The molecule has 6 heteroatoms. The largest absolute Gasteiger partial charge is 0.479 e. The first-order valence-corrected chi connectivity index (χ1v) is 10.1. The molecule has 1 aliphatic rings. The number of benzene rings is 2. The maximum atomic E-state index is 13.2. The molecule has 2 atom stereocenters. The van der Waals surface area contributed by atoms with Gasteiger partial charge in [0.2, 0.25) is 0 Å². The molecular formula is C22H23BrN2O3. The van der Waals surface area contributed by atoms with Gasteiger partial charge in [0.25, 0.3) is 5.91 Å². The lowest BCUT2D eigenvalue weighted by atomic mass is 10.0. The summed E-state index contributed by atoms with van der Waals surface area (Å²) in [5.74, 6) is 0.330. The fourth-order valence-corrected chi connectivity index (χ4v) is 3.44. The summed E-state index contributed by atoms with van der Waals surface area (Å²) in [6.07, 6.45) is -0.817. The van der Waals surface area contributed by atoms with Crippen molar-refractivity contribution in [1.29, 1.82) is 5.26 Å². The van der Waals surface area contributed by atoms with E-state index in [1.807, 2.05) is 38.1 Å². The Hall–Kier alpha value is -2.36. The number of para-hydroxylation sites is 1. The van der Waals surface area contributed by atoms with E-state index in [0.717, 1.165) is 10.0 Å². The average Bonchev–Trinajstić information content (AvgIpc) is 2.72. The molecule has 0 aromatic heterocycles. The van der Waals surface area contributed by atoms with Gasteiger partial charge in [-0.1, -0.05) is 54.0 Å². The van der Waals surface area contributed by atoms with E-state index in [1.54, 1.807) is 29.2 Å². The molecule has 0 saturated carbocycles. The van der Waals surface area contributed by atoms with Crippen LogP contribution in [0.25, 0.3) is 0 Å². The number of amides is 1. The average molecular weight is 443 g/mol. The topological polar surface area (TPSA) is 62.6 Å². The van der Waals surface area contributed by atoms with E-state index in [0.29, 0.717) is 31.0 Å². The molecule has 2 unspecified atom stereocenters. The van der Waals surface area contributed by atoms with Gasteiger partial charge in [0, 0.05) is 11.0 Å². The van der Waals surface area contributed by atoms with Crippen molar-refractivity contribution < 1.29 is 14.3 Å². The van der Waals surface area contributed by atoms with E-state index in [9.17, 15) is 10.1 Å². The monoisotopic (exact) mass is 442 g/mol. The first-order chi connectivity index (χ1) is 13.5. The summed E-state index contributed by atoms with van der Waals surface area (Å²) in [5.41, 5.74) is 1.47. The van der Waals surface area contributed by atoms with Crippen molar-refractivity contribution in [1.82, 2.24) is 4.90 Å². The molecule has 0 aliphatic carbocycles. The van der Waals surface area contributed by atoms with Gasteiger partial charge in [-0.15, -0.1) is 0 Å². The predicted octanol–water partition coefficient (Wildman–Crippen LogP) is 4.32. The van der Waals surface area contributed by atoms with Crippen molar-refractivity contribution in [3.8, 4) is 11.8 Å². The third-order valence-corrected chi connectivity index (χ3v) is 5.26. The number of halogens is 1. The first kappa shape index (κ1) is 20.4. The van der Waals surface area contributed by atoms with Crippen LogP contribution in [0.3, 0.4) is 0 Å². The van der Waals surface area contributed by atoms with Crippen LogP contribution >= 0.6 is 15.9 Å². The van der Waals surface area contributed by atoms with Gasteiger partial charge in [-0.25, -0.2) is 0 Å². The SMILES string of the molecule is CC(C)C(Oc1ccccc1C#N)C(=O)N1CCOC(c2ccc(Br)cc2)C1. The Labute approximate surface area is 174 Å². The highest BCUT2D eigenvalue weighted by molar-refractivity contribution is 9.10. The number of ether oxygens (including phenoxy) is 2. The third-order valence-electron chi connectivity index (χ3n) is 4.73. The minimum atomic E-state index is -0.654. The summed E-state index contributed by atoms with van der Waals surface area (Å²) in [5, 5.41) is 9.29. The van der Waals surface area contributed by atoms with E-state index >= 15 is 0 Å². The van der Waals surface area contributed by atoms with E-state index < -0.39 is 6.10 Å². The van der Waals surface area contributed by atoms with Crippen LogP contribution in [0.5, 0.6) is 5.75 Å². The summed E-state index contributed by atoms with van der Waals surface area (Å²) in [6, 6.07) is 17.1. The summed E-state index contributed by atoms with van der Waals surface area (Å²) in [4.78, 5) is 15.0. The normalized spacial score (nSPS) is 17.8. The summed E-state index contributed by atoms with van der Waals surface area (Å²) in [7, 11) is 0. The molecule has 0 N–H and O–H groups in total. The van der Waals surface area contributed by atoms with Crippen LogP contribution < -0.4 is 4.74 Å². The van der Waals surface area contributed by atoms with Crippen molar-refractivity contribution in [3.05, 3.63) is 64.1 Å². The zero-order chi connectivity index (χ0) is 20.1. The van der Waals surface area contributed by atoms with Crippen LogP contribution in [0.15, 0.2) is 53.0 Å². The smallest absolute Gasteiger partial charge is 0.264 e. The molecule has 2 aromatic rings. The standard InChI is InChI=1S/C22H23BrN2O3/c1-15(2)21(28-19-6-4-3-5-17(19)13-24)22(26)25-11-12-27-20(14-25)16-7-9-18(23)10-8-16/h3-10,15,20-21H,11-12,14H2,1-2H3. The minimum absolute atomic E-state index is 0.0341. The van der Waals surface area contributed by atoms with Crippen LogP contribution in [0.4, 0.5) is 0 Å². The van der Waals surface area contributed by atoms with Gasteiger partial charge in [-0.3, -0.25) is 4.79 Å². The molecule has 0 bridgehead atoms. The molecule has 1 heterocycles. The predicted molar refractivity (Wildman–Crippen MR) is 110 cm³/mol. The Bertz CT molecular complexity index is 861. The van der Waals surface area contributed by atoms with Crippen molar-refractivity contribution in [2.45, 2.75) is 26.1 Å². The number of rotatable bonds is 5. The molecule has 1 amide bonds. The highest BCUT2D eigenvalue weighted by Crippen LogP contribution is 2.26. The lowest BCUT2D eigenvalue weighted by Gasteiger charge is -2.36. The van der Waals surface area contributed by atoms with Gasteiger partial charge in [-0.05, 0) is 35.7 Å². The highest BCUT2D eigenvalue weighted by Gasteiger charge is 2.33. The Morgan fingerprint density at radius 3 is 2.64 bits per heavy atom. The van der Waals surface area contributed by atoms with E-state index in [4.69, 9.17) is 9.47 Å². The number of hydrogen-bond donors (Lipinski definition) is 0. The molecule has 1 aliphatic heterocycles. The number of carbonyl (C=O) groups is 1. The second-order valence-electron chi connectivity index (χ2n) is 7.09. The molecule has 0 radical (unpaired) electrons. The van der Waals surface area contributed by atoms with E-state index in [1.165, 1.54) is 0 Å². The molecule has 146 valence electrons. The molecule has 28 heavy (non-hydrogen) atoms. The number of nitriles is 1. The van der Waals surface area contributed by atoms with Crippen molar-refractivity contribution in [2.75, 3.05) is 19.7 Å². The molecule has 0 spiro atoms. The van der Waals surface area contributed by atoms with Crippen molar-refractivity contribution in [3.63, 3.8) is 0 Å². The van der Waals surface area contributed by atoms with Crippen LogP contribution in [0.1, 0.15) is 31.1 Å². The van der Waals surface area contributed by atoms with E-state index in [2.05, 4.69) is 22.0 Å². The Morgan fingerprint density at radius 2 is 1.96 bits per heavy atom. The number of carbonyl (C=O) groups excluding carboxylic acids is 1. The molecule has 3 rings (SSSR count). The Balaban J connectivity index is 1.75. The van der Waals surface area contributed by atoms with Crippen LogP contribution in [0.2, 0.25) is 0 Å². The van der Waals surface area contributed by atoms with Gasteiger partial charge in [0.15, 0.2) is 6.10 Å². The first-order valence-electron chi connectivity index (χ1n) is 9.31. The van der Waals surface area contributed by atoms with Gasteiger partial charge in [0.1, 0.15) is 17.9 Å². The van der Waals surface area contributed by atoms with Gasteiger partial charge in [-0.2, -0.15) is 5.26 Å². The quantitative estimate of drug-likeness (QED) is 0.691. The maximum Gasteiger partial charge on any atom is 0.264 e. The summed E-state index contributed by atoms with van der Waals surface area (Å²) in [6.45, 7) is 5.38. The Kier molecular flexibility index (Phi) is 6.71. The highest BCUT2D eigenvalue weighted by atomic mass is 79.9. The lowest BCUT2D eigenvalue weighted by Crippen LogP contribution is -2.49. The van der Waals surface area contributed by atoms with Crippen LogP contribution in [-0.4, -0.2) is 36.6 Å². The summed E-state index contributed by atoms with van der Waals surface area (Å²) >= 11 is 3.44. The fraction of sp³-hybridized carbons (Fsp3) is 0.364. The van der Waals surface area contributed by atoms with Crippen molar-refractivity contribution in [2.24, 2.45) is 5.92 Å². The van der Waals surface area contributed by atoms with Crippen LogP contribution in [-0.2, 0) is 9.53 Å². The Morgan fingerprint density at radius 1 is 1.25 bits per heavy atom. The van der Waals surface area contributed by atoms with Gasteiger partial charge >= 0.3 is 0 Å². The number of hydrogen-bond acceptors (Lipinski definition) is 4. The zero-order valence-corrected chi connectivity index (χ0v) is 17.6. The molecule has 1 fully saturated rings. The van der Waals surface area contributed by atoms with Crippen molar-refractivity contribution >= 4 is 21.8 Å². The van der Waals surface area contributed by atoms with Gasteiger partial charge in [0.05, 0.1) is 18.7 Å². The second-order valence-corrected chi connectivity index (χ2v) is 8.00. The lowest BCUT2D eigenvalue weighted by molar-refractivity contribution is -0.148. The molecule has 1 saturated heterocycles. The molecular weight excluding hydrogens is 420 g/mol. The minimum Gasteiger partial charge on any atom is -0.479 e. The van der Waals surface area contributed by atoms with E-state index in [-0.39, 0.29) is 17.9 Å². The number of nitrogens with zero attached hydrogens (tertiary/aromatic N) is 2. The summed E-state index contributed by atoms with van der Waals surface area (Å²) < 4.78 is 12.9. The molecule has 5 nitrogen and oxygen atoms in total. The zero-order valence-electron chi connectivity index (χ0n) is 16.0. The number of morpholine rings is 1. The van der Waals surface area contributed by atoms with Crippen LogP contribution in [0, 0.1) is 17.2 Å². The van der Waals surface area contributed by atoms with Gasteiger partial charge < -0.3 is 14.4 Å². The second kappa shape index (κ2) is 9.22. The third kappa shape index (κ3) is 4.73. The molecule has 2 aromatic carbocycles.